The van der Waals surface area contributed by atoms with E-state index in [-0.39, 0.29) is 35.2 Å². The quantitative estimate of drug-likeness (QED) is 0.748. The maximum atomic E-state index is 12.0. The monoisotopic (exact) mass is 239 g/mol. The minimum absolute atomic E-state index is 0.107. The third kappa shape index (κ3) is 2.87. The summed E-state index contributed by atoms with van der Waals surface area (Å²) in [6.45, 7) is 7.98. The molecule has 17 heavy (non-hydrogen) atoms. The first kappa shape index (κ1) is 13.7. The Kier molecular flexibility index (Phi) is 3.96. The van der Waals surface area contributed by atoms with Crippen molar-refractivity contribution in [2.75, 3.05) is 7.05 Å². The van der Waals surface area contributed by atoms with Crippen molar-refractivity contribution in [3.8, 4) is 0 Å². The number of carbonyl (C=O) groups excluding carboxylic acids is 2. The van der Waals surface area contributed by atoms with Crippen molar-refractivity contribution in [2.45, 2.75) is 46.6 Å². The highest BCUT2D eigenvalue weighted by Crippen LogP contribution is 2.33. The van der Waals surface area contributed by atoms with Crippen LogP contribution >= 0.6 is 0 Å². The van der Waals surface area contributed by atoms with Crippen molar-refractivity contribution in [3.63, 3.8) is 0 Å². The second-order valence-corrected chi connectivity index (χ2v) is 5.33. The summed E-state index contributed by atoms with van der Waals surface area (Å²) in [6, 6.07) is 0. The molecule has 1 rings (SSSR count). The van der Waals surface area contributed by atoms with Gasteiger partial charge in [0.25, 0.3) is 5.91 Å². The van der Waals surface area contributed by atoms with Gasteiger partial charge >= 0.3 is 0 Å². The number of carbonyl (C=O) groups is 2. The zero-order valence-corrected chi connectivity index (χ0v) is 11.2. The van der Waals surface area contributed by atoms with Crippen molar-refractivity contribution in [1.82, 2.24) is 5.32 Å². The first-order chi connectivity index (χ1) is 7.81. The molecular weight excluding hydrogens is 218 g/mol. The Morgan fingerprint density at radius 2 is 2.06 bits per heavy atom. The van der Waals surface area contributed by atoms with Gasteiger partial charge in [0.05, 0.1) is 0 Å². The number of Topliss-reactive ketones (excluding diaryl/α,β-unsaturated/α-hetero) is 1. The molecule has 4 nitrogen and oxygen atoms in total. The Morgan fingerprint density at radius 1 is 1.47 bits per heavy atom. The van der Waals surface area contributed by atoms with Gasteiger partial charge in [-0.05, 0) is 5.41 Å². The summed E-state index contributed by atoms with van der Waals surface area (Å²) < 4.78 is 5.80. The molecular formula is C13H21NO3. The van der Waals surface area contributed by atoms with Crippen LogP contribution in [0.4, 0.5) is 0 Å². The number of allylic oxidation sites excluding steroid dienone is 1. The van der Waals surface area contributed by atoms with E-state index in [0.717, 1.165) is 0 Å². The lowest BCUT2D eigenvalue weighted by Gasteiger charge is -2.35. The molecule has 1 unspecified atom stereocenters. The van der Waals surface area contributed by atoms with E-state index in [2.05, 4.69) is 5.32 Å². The number of hydrogen-bond donors (Lipinski definition) is 1. The van der Waals surface area contributed by atoms with Gasteiger partial charge in [0.1, 0.15) is 17.4 Å². The normalized spacial score (nSPS) is 21.2. The third-order valence-electron chi connectivity index (χ3n) is 2.95. The van der Waals surface area contributed by atoms with Crippen LogP contribution in [0.2, 0.25) is 0 Å². The van der Waals surface area contributed by atoms with Crippen LogP contribution in [0.25, 0.3) is 0 Å². The Bertz CT molecular complexity index is 363. The second-order valence-electron chi connectivity index (χ2n) is 5.33. The molecule has 1 heterocycles. The minimum Gasteiger partial charge on any atom is -0.493 e. The van der Waals surface area contributed by atoms with Crippen LogP contribution < -0.4 is 5.32 Å². The van der Waals surface area contributed by atoms with Crippen LogP contribution in [-0.2, 0) is 14.3 Å². The van der Waals surface area contributed by atoms with E-state index in [1.807, 2.05) is 27.7 Å². The maximum Gasteiger partial charge on any atom is 0.258 e. The molecule has 0 fully saturated rings. The van der Waals surface area contributed by atoms with Crippen LogP contribution in [0.5, 0.6) is 0 Å². The largest absolute Gasteiger partial charge is 0.493 e. The molecule has 1 aliphatic heterocycles. The van der Waals surface area contributed by atoms with Crippen molar-refractivity contribution < 1.29 is 14.3 Å². The van der Waals surface area contributed by atoms with Crippen LogP contribution in [-0.4, -0.2) is 24.8 Å². The topological polar surface area (TPSA) is 55.4 Å². The Labute approximate surface area is 102 Å². The second kappa shape index (κ2) is 4.90. The predicted molar refractivity (Wildman–Crippen MR) is 65.3 cm³/mol. The van der Waals surface area contributed by atoms with Crippen molar-refractivity contribution in [3.05, 3.63) is 11.3 Å². The fraction of sp³-hybridized carbons (Fsp3) is 0.692. The van der Waals surface area contributed by atoms with Gasteiger partial charge in [0.15, 0.2) is 5.78 Å². The van der Waals surface area contributed by atoms with Gasteiger partial charge in [0.2, 0.25) is 0 Å². The summed E-state index contributed by atoms with van der Waals surface area (Å²) in [5.41, 5.74) is 0.0834. The number of amides is 1. The number of hydrogen-bond acceptors (Lipinski definition) is 3. The summed E-state index contributed by atoms with van der Waals surface area (Å²) in [6.07, 6.45) is 0.676. The van der Waals surface area contributed by atoms with Gasteiger partial charge in [-0.15, -0.1) is 0 Å². The van der Waals surface area contributed by atoms with E-state index >= 15 is 0 Å². The van der Waals surface area contributed by atoms with Gasteiger partial charge in [-0.1, -0.05) is 27.7 Å². The lowest BCUT2D eigenvalue weighted by atomic mass is 9.83. The van der Waals surface area contributed by atoms with Gasteiger partial charge in [0, 0.05) is 19.9 Å². The number of ketones is 1. The van der Waals surface area contributed by atoms with Gasteiger partial charge in [-0.25, -0.2) is 0 Å². The highest BCUT2D eigenvalue weighted by molar-refractivity contribution is 6.20. The molecule has 96 valence electrons. The Hall–Kier alpha value is -1.32. The molecule has 0 radical (unpaired) electrons. The van der Waals surface area contributed by atoms with E-state index < -0.39 is 0 Å². The minimum atomic E-state index is -0.348. The van der Waals surface area contributed by atoms with Crippen LogP contribution in [0, 0.1) is 5.41 Å². The molecule has 0 saturated carbocycles. The summed E-state index contributed by atoms with van der Waals surface area (Å²) in [5, 5.41) is 2.49. The molecule has 0 spiro atoms. The number of nitrogens with one attached hydrogen (secondary N) is 1. The van der Waals surface area contributed by atoms with Crippen molar-refractivity contribution >= 4 is 11.7 Å². The molecule has 0 aromatic heterocycles. The summed E-state index contributed by atoms with van der Waals surface area (Å²) in [7, 11) is 1.52. The number of rotatable bonds is 2. The van der Waals surface area contributed by atoms with E-state index in [0.29, 0.717) is 12.2 Å². The average Bonchev–Trinajstić information content (AvgIpc) is 2.25. The van der Waals surface area contributed by atoms with Gasteiger partial charge in [-0.2, -0.15) is 0 Å². The third-order valence-corrected chi connectivity index (χ3v) is 2.95. The maximum absolute atomic E-state index is 12.0. The first-order valence-electron chi connectivity index (χ1n) is 5.96. The van der Waals surface area contributed by atoms with Crippen molar-refractivity contribution in [2.24, 2.45) is 5.41 Å². The zero-order valence-electron chi connectivity index (χ0n) is 11.2. The van der Waals surface area contributed by atoms with Gasteiger partial charge in [-0.3, -0.25) is 9.59 Å². The van der Waals surface area contributed by atoms with Crippen LogP contribution in [0.15, 0.2) is 11.3 Å². The van der Waals surface area contributed by atoms with Crippen molar-refractivity contribution in [1.29, 1.82) is 0 Å². The highest BCUT2D eigenvalue weighted by Gasteiger charge is 2.37. The number of ether oxygens (including phenoxy) is 1. The molecule has 0 aliphatic carbocycles. The Morgan fingerprint density at radius 3 is 2.47 bits per heavy atom. The fourth-order valence-electron chi connectivity index (χ4n) is 1.82. The standard InChI is InChI=1S/C13H21NO3/c1-6-9-11(12(16)14-5)8(15)7-10(17-9)13(2,3)4/h10H,6-7H2,1-5H3,(H,14,16). The summed E-state index contributed by atoms with van der Waals surface area (Å²) in [4.78, 5) is 23.7. The van der Waals surface area contributed by atoms with Gasteiger partial charge < -0.3 is 10.1 Å². The molecule has 4 heteroatoms. The SMILES string of the molecule is CCC1=C(C(=O)NC)C(=O)CC(C(C)(C)C)O1. The average molecular weight is 239 g/mol. The predicted octanol–water partition coefficient (Wildman–Crippen LogP) is 1.80. The van der Waals surface area contributed by atoms with E-state index in [1.54, 1.807) is 0 Å². The van der Waals surface area contributed by atoms with E-state index in [1.165, 1.54) is 7.05 Å². The fourth-order valence-corrected chi connectivity index (χ4v) is 1.82. The first-order valence-corrected chi connectivity index (χ1v) is 5.96. The van der Waals surface area contributed by atoms with E-state index in [4.69, 9.17) is 4.74 Å². The Balaban J connectivity index is 3.08. The smallest absolute Gasteiger partial charge is 0.258 e. The highest BCUT2D eigenvalue weighted by atomic mass is 16.5. The molecule has 1 amide bonds. The zero-order chi connectivity index (χ0) is 13.2. The molecule has 1 atom stereocenters. The molecule has 0 aromatic rings. The molecule has 0 saturated heterocycles. The van der Waals surface area contributed by atoms with Crippen LogP contribution in [0.1, 0.15) is 40.5 Å². The van der Waals surface area contributed by atoms with E-state index in [9.17, 15) is 9.59 Å². The summed E-state index contributed by atoms with van der Waals surface area (Å²) in [5.74, 6) is 0.0482. The lowest BCUT2D eigenvalue weighted by Crippen LogP contribution is -2.39. The lowest BCUT2D eigenvalue weighted by molar-refractivity contribution is -0.128. The summed E-state index contributed by atoms with van der Waals surface area (Å²) >= 11 is 0. The molecule has 1 aliphatic rings. The van der Waals surface area contributed by atoms with Crippen LogP contribution in [0.3, 0.4) is 0 Å². The molecule has 0 aromatic carbocycles. The molecule has 0 bridgehead atoms. The molecule has 1 N–H and O–H groups in total. The number of likely N-dealkylation sites (N-methyl/N-ethyl adjacent to an activating group) is 1.